The van der Waals surface area contributed by atoms with Crippen molar-refractivity contribution >= 4 is 34.4 Å². The summed E-state index contributed by atoms with van der Waals surface area (Å²) in [5, 5.41) is 4.68. The predicted molar refractivity (Wildman–Crippen MR) is 80.7 cm³/mol. The number of aromatic nitrogens is 1. The van der Waals surface area contributed by atoms with Crippen molar-refractivity contribution in [2.75, 3.05) is 38.1 Å². The number of rotatable bonds is 2. The van der Waals surface area contributed by atoms with Gasteiger partial charge in [0.15, 0.2) is 5.13 Å². The maximum absolute atomic E-state index is 12.1. The van der Waals surface area contributed by atoms with E-state index in [9.17, 15) is 14.4 Å². The van der Waals surface area contributed by atoms with Crippen molar-refractivity contribution in [2.45, 2.75) is 13.8 Å². The predicted octanol–water partition coefficient (Wildman–Crippen LogP) is 0.691. The van der Waals surface area contributed by atoms with Crippen LogP contribution < -0.4 is 5.32 Å². The lowest BCUT2D eigenvalue weighted by Gasteiger charge is -2.33. The Hall–Kier alpha value is -2.16. The zero-order valence-electron chi connectivity index (χ0n) is 12.5. The fraction of sp³-hybridized carbons (Fsp3) is 0.538. The van der Waals surface area contributed by atoms with Gasteiger partial charge in [0.1, 0.15) is 0 Å². The minimum atomic E-state index is -0.709. The van der Waals surface area contributed by atoms with Gasteiger partial charge < -0.3 is 14.5 Å². The second kappa shape index (κ2) is 7.21. The zero-order chi connectivity index (χ0) is 16.1. The normalized spacial score (nSPS) is 14.6. The summed E-state index contributed by atoms with van der Waals surface area (Å²) in [6.07, 6.45) is -0.391. The van der Waals surface area contributed by atoms with Gasteiger partial charge in [-0.2, -0.15) is 0 Å². The highest BCUT2D eigenvalue weighted by atomic mass is 32.1. The van der Waals surface area contributed by atoms with Gasteiger partial charge in [0, 0.05) is 31.6 Å². The molecule has 9 heteroatoms. The van der Waals surface area contributed by atoms with Crippen molar-refractivity contribution in [1.82, 2.24) is 14.8 Å². The van der Waals surface area contributed by atoms with Gasteiger partial charge >= 0.3 is 17.9 Å². The molecule has 0 unspecified atom stereocenters. The van der Waals surface area contributed by atoms with E-state index in [1.165, 1.54) is 21.1 Å². The molecule has 0 saturated carbocycles. The van der Waals surface area contributed by atoms with Crippen molar-refractivity contribution in [3.63, 3.8) is 0 Å². The number of hydrogen-bond acceptors (Lipinski definition) is 6. The summed E-state index contributed by atoms with van der Waals surface area (Å²) in [6, 6.07) is 0. The van der Waals surface area contributed by atoms with Crippen LogP contribution in [-0.2, 0) is 14.3 Å². The first-order valence-electron chi connectivity index (χ1n) is 6.95. The number of hydrogen-bond donors (Lipinski definition) is 1. The van der Waals surface area contributed by atoms with E-state index in [0.29, 0.717) is 37.9 Å². The van der Waals surface area contributed by atoms with Crippen LogP contribution in [0.1, 0.15) is 12.6 Å². The van der Waals surface area contributed by atoms with E-state index in [4.69, 9.17) is 4.74 Å². The van der Waals surface area contributed by atoms with Gasteiger partial charge in [-0.3, -0.25) is 14.9 Å². The summed E-state index contributed by atoms with van der Waals surface area (Å²) in [4.78, 5) is 42.6. The van der Waals surface area contributed by atoms with Gasteiger partial charge in [-0.05, 0) is 13.8 Å². The Kier molecular flexibility index (Phi) is 5.31. The quantitative estimate of drug-likeness (QED) is 0.807. The molecule has 1 saturated heterocycles. The Morgan fingerprint density at radius 1 is 1.27 bits per heavy atom. The van der Waals surface area contributed by atoms with Crippen LogP contribution in [-0.4, -0.2) is 65.5 Å². The Morgan fingerprint density at radius 2 is 1.91 bits per heavy atom. The SMILES string of the molecule is CCOC(=O)N1CCN(C(=O)C(=O)Nc2nc(C)cs2)CC1. The van der Waals surface area contributed by atoms with Crippen molar-refractivity contribution < 1.29 is 19.1 Å². The molecule has 120 valence electrons. The monoisotopic (exact) mass is 326 g/mol. The van der Waals surface area contributed by atoms with E-state index >= 15 is 0 Å². The standard InChI is InChI=1S/C13H18N4O4S/c1-3-21-13(20)17-6-4-16(5-7-17)11(19)10(18)15-12-14-9(2)8-22-12/h8H,3-7H2,1-2H3,(H,14,15,18). The van der Waals surface area contributed by atoms with Gasteiger partial charge in [-0.1, -0.05) is 0 Å². The van der Waals surface area contributed by atoms with Crippen molar-refractivity contribution in [1.29, 1.82) is 0 Å². The lowest BCUT2D eigenvalue weighted by Crippen LogP contribution is -2.53. The molecule has 0 radical (unpaired) electrons. The molecule has 3 amide bonds. The molecule has 1 aromatic heterocycles. The highest BCUT2D eigenvalue weighted by Crippen LogP contribution is 2.14. The first-order chi connectivity index (χ1) is 10.5. The van der Waals surface area contributed by atoms with E-state index in [1.807, 2.05) is 6.92 Å². The molecule has 1 fully saturated rings. The second-order valence-corrected chi connectivity index (χ2v) is 5.58. The maximum atomic E-state index is 12.1. The number of thiazole rings is 1. The fourth-order valence-electron chi connectivity index (χ4n) is 2.01. The summed E-state index contributed by atoms with van der Waals surface area (Å²) >= 11 is 1.27. The lowest BCUT2D eigenvalue weighted by atomic mass is 10.3. The maximum Gasteiger partial charge on any atom is 0.409 e. The molecule has 2 heterocycles. The molecule has 2 rings (SSSR count). The minimum Gasteiger partial charge on any atom is -0.450 e. The Bertz CT molecular complexity index is 566. The first kappa shape index (κ1) is 16.2. The highest BCUT2D eigenvalue weighted by molar-refractivity contribution is 7.14. The van der Waals surface area contributed by atoms with Crippen LogP contribution in [0.4, 0.5) is 9.93 Å². The number of piperazine rings is 1. The van der Waals surface area contributed by atoms with E-state index < -0.39 is 17.9 Å². The number of amides is 3. The van der Waals surface area contributed by atoms with Crippen LogP contribution in [0.25, 0.3) is 0 Å². The van der Waals surface area contributed by atoms with Crippen LogP contribution >= 0.6 is 11.3 Å². The van der Waals surface area contributed by atoms with Crippen LogP contribution in [0.15, 0.2) is 5.38 Å². The third kappa shape index (κ3) is 3.94. The van der Waals surface area contributed by atoms with Crippen LogP contribution in [0.3, 0.4) is 0 Å². The number of carbonyl (C=O) groups excluding carboxylic acids is 3. The summed E-state index contributed by atoms with van der Waals surface area (Å²) < 4.78 is 4.90. The number of nitrogens with zero attached hydrogens (tertiary/aromatic N) is 3. The van der Waals surface area contributed by atoms with Crippen LogP contribution in [0.2, 0.25) is 0 Å². The molecule has 8 nitrogen and oxygen atoms in total. The molecular weight excluding hydrogens is 308 g/mol. The molecule has 0 aromatic carbocycles. The second-order valence-electron chi connectivity index (χ2n) is 4.73. The van der Waals surface area contributed by atoms with E-state index in [2.05, 4.69) is 10.3 Å². The molecule has 22 heavy (non-hydrogen) atoms. The minimum absolute atomic E-state index is 0.308. The van der Waals surface area contributed by atoms with Crippen molar-refractivity contribution in [2.24, 2.45) is 0 Å². The fourth-order valence-corrected chi connectivity index (χ4v) is 2.70. The largest absolute Gasteiger partial charge is 0.450 e. The van der Waals surface area contributed by atoms with E-state index in [0.717, 1.165) is 5.69 Å². The summed E-state index contributed by atoms with van der Waals surface area (Å²) in [7, 11) is 0. The van der Waals surface area contributed by atoms with Gasteiger partial charge in [-0.15, -0.1) is 11.3 Å². The highest BCUT2D eigenvalue weighted by Gasteiger charge is 2.28. The number of anilines is 1. The molecule has 0 spiro atoms. The summed E-state index contributed by atoms with van der Waals surface area (Å²) in [5.74, 6) is -1.32. The number of nitrogens with one attached hydrogen (secondary N) is 1. The van der Waals surface area contributed by atoms with Gasteiger partial charge in [0.05, 0.1) is 12.3 Å². The summed E-state index contributed by atoms with van der Waals surface area (Å²) in [6.45, 7) is 5.19. The first-order valence-corrected chi connectivity index (χ1v) is 7.83. The van der Waals surface area contributed by atoms with Crippen LogP contribution in [0.5, 0.6) is 0 Å². The number of aryl methyl sites for hydroxylation is 1. The molecule has 0 aliphatic carbocycles. The van der Waals surface area contributed by atoms with Crippen LogP contribution in [0, 0.1) is 6.92 Å². The van der Waals surface area contributed by atoms with Gasteiger partial charge in [0.25, 0.3) is 0 Å². The number of ether oxygens (including phenoxy) is 1. The van der Waals surface area contributed by atoms with E-state index in [1.54, 1.807) is 12.3 Å². The van der Waals surface area contributed by atoms with E-state index in [-0.39, 0.29) is 0 Å². The lowest BCUT2D eigenvalue weighted by molar-refractivity contribution is -0.144. The summed E-state index contributed by atoms with van der Waals surface area (Å²) in [5.41, 5.74) is 0.788. The van der Waals surface area contributed by atoms with Gasteiger partial charge in [-0.25, -0.2) is 9.78 Å². The molecule has 1 aliphatic rings. The average Bonchev–Trinajstić information content (AvgIpc) is 2.92. The van der Waals surface area contributed by atoms with Crippen molar-refractivity contribution in [3.05, 3.63) is 11.1 Å². The third-order valence-electron chi connectivity index (χ3n) is 3.13. The Labute approximate surface area is 132 Å². The molecule has 0 atom stereocenters. The molecular formula is C13H18N4O4S. The van der Waals surface area contributed by atoms with Gasteiger partial charge in [0.2, 0.25) is 0 Å². The molecule has 1 aromatic rings. The molecule has 1 N–H and O–H groups in total. The third-order valence-corrected chi connectivity index (χ3v) is 4.00. The molecule has 0 bridgehead atoms. The Balaban J connectivity index is 1.84. The number of carbonyl (C=O) groups is 3. The smallest absolute Gasteiger partial charge is 0.409 e. The van der Waals surface area contributed by atoms with Crippen molar-refractivity contribution in [3.8, 4) is 0 Å². The Morgan fingerprint density at radius 3 is 2.45 bits per heavy atom. The topological polar surface area (TPSA) is 91.8 Å². The molecule has 1 aliphatic heterocycles. The average molecular weight is 326 g/mol. The zero-order valence-corrected chi connectivity index (χ0v) is 13.3.